The molecule has 1 saturated heterocycles. The second kappa shape index (κ2) is 5.71. The molecular formula is C14H21N3. The van der Waals surface area contributed by atoms with E-state index in [4.69, 9.17) is 5.73 Å². The Hall–Kier alpha value is -1.51. The molecule has 2 rings (SSSR count). The predicted octanol–water partition coefficient (Wildman–Crippen LogP) is 2.90. The zero-order valence-electron chi connectivity index (χ0n) is 10.5. The smallest absolute Gasteiger partial charge is 0.196 e. The Kier molecular flexibility index (Phi) is 4.02. The van der Waals surface area contributed by atoms with Crippen LogP contribution in [0.15, 0.2) is 35.3 Å². The molecule has 0 radical (unpaired) electrons. The van der Waals surface area contributed by atoms with Gasteiger partial charge in [0.05, 0.1) is 5.69 Å². The molecule has 0 amide bonds. The number of guanidine groups is 1. The summed E-state index contributed by atoms with van der Waals surface area (Å²) < 4.78 is 0. The minimum atomic E-state index is 0.505. The summed E-state index contributed by atoms with van der Waals surface area (Å²) in [5, 5.41) is 0. The summed E-state index contributed by atoms with van der Waals surface area (Å²) in [7, 11) is 0. The zero-order valence-corrected chi connectivity index (χ0v) is 10.5. The van der Waals surface area contributed by atoms with E-state index in [1.165, 1.54) is 25.7 Å². The average molecular weight is 231 g/mol. The summed E-state index contributed by atoms with van der Waals surface area (Å²) >= 11 is 0. The van der Waals surface area contributed by atoms with E-state index in [1.807, 2.05) is 30.3 Å². The standard InChI is InChI=1S/C14H21N3/c1-12-8-4-3-7-11-17(12)14(15)16-13-9-5-2-6-10-13/h2,5-6,9-10,12H,3-4,7-8,11H2,1H3,(H2,15,16). The number of rotatable bonds is 1. The van der Waals surface area contributed by atoms with Crippen molar-refractivity contribution < 1.29 is 0 Å². The lowest BCUT2D eigenvalue weighted by molar-refractivity contribution is 0.333. The summed E-state index contributed by atoms with van der Waals surface area (Å²) in [6.07, 6.45) is 5.04. The minimum Gasteiger partial charge on any atom is -0.369 e. The van der Waals surface area contributed by atoms with Gasteiger partial charge < -0.3 is 10.6 Å². The molecule has 0 saturated carbocycles. The zero-order chi connectivity index (χ0) is 12.1. The Morgan fingerprint density at radius 3 is 2.76 bits per heavy atom. The second-order valence-electron chi connectivity index (χ2n) is 4.70. The van der Waals surface area contributed by atoms with E-state index in [2.05, 4.69) is 16.8 Å². The van der Waals surface area contributed by atoms with Crippen LogP contribution in [0.5, 0.6) is 0 Å². The number of likely N-dealkylation sites (tertiary alicyclic amines) is 1. The Balaban J connectivity index is 2.12. The van der Waals surface area contributed by atoms with Crippen molar-refractivity contribution in [1.29, 1.82) is 0 Å². The lowest BCUT2D eigenvalue weighted by atomic mass is 10.1. The summed E-state index contributed by atoms with van der Waals surface area (Å²) in [4.78, 5) is 6.73. The van der Waals surface area contributed by atoms with Gasteiger partial charge in [-0.25, -0.2) is 4.99 Å². The number of benzene rings is 1. The molecule has 1 heterocycles. The normalized spacial score (nSPS) is 22.3. The summed E-state index contributed by atoms with van der Waals surface area (Å²) in [6, 6.07) is 10.4. The highest BCUT2D eigenvalue weighted by molar-refractivity contribution is 5.81. The number of hydrogen-bond donors (Lipinski definition) is 1. The SMILES string of the molecule is CC1CCCCCN1C(N)=Nc1ccccc1. The van der Waals surface area contributed by atoms with Gasteiger partial charge in [-0.15, -0.1) is 0 Å². The van der Waals surface area contributed by atoms with E-state index in [0.29, 0.717) is 12.0 Å². The lowest BCUT2D eigenvalue weighted by Gasteiger charge is -2.28. The molecule has 0 aromatic heterocycles. The molecule has 2 N–H and O–H groups in total. The first-order valence-corrected chi connectivity index (χ1v) is 6.43. The average Bonchev–Trinajstić information content (AvgIpc) is 2.55. The van der Waals surface area contributed by atoms with Crippen LogP contribution < -0.4 is 5.73 Å². The molecule has 1 aliphatic rings. The predicted molar refractivity (Wildman–Crippen MR) is 72.4 cm³/mol. The Bertz CT molecular complexity index is 372. The number of nitrogens with two attached hydrogens (primary N) is 1. The van der Waals surface area contributed by atoms with Crippen molar-refractivity contribution in [3.8, 4) is 0 Å². The minimum absolute atomic E-state index is 0.505. The molecule has 0 bridgehead atoms. The van der Waals surface area contributed by atoms with Gasteiger partial charge in [-0.1, -0.05) is 31.0 Å². The third-order valence-corrected chi connectivity index (χ3v) is 3.35. The molecule has 1 unspecified atom stereocenters. The highest BCUT2D eigenvalue weighted by Crippen LogP contribution is 2.17. The lowest BCUT2D eigenvalue weighted by Crippen LogP contribution is -2.42. The fraction of sp³-hybridized carbons (Fsp3) is 0.500. The number of para-hydroxylation sites is 1. The van der Waals surface area contributed by atoms with E-state index in [1.54, 1.807) is 0 Å². The van der Waals surface area contributed by atoms with Crippen LogP contribution in [0, 0.1) is 0 Å². The van der Waals surface area contributed by atoms with Crippen LogP contribution in [0.2, 0.25) is 0 Å². The molecule has 3 heteroatoms. The first kappa shape index (κ1) is 12.0. The first-order chi connectivity index (χ1) is 8.27. The van der Waals surface area contributed by atoms with Crippen molar-refractivity contribution in [3.05, 3.63) is 30.3 Å². The monoisotopic (exact) mass is 231 g/mol. The Morgan fingerprint density at radius 1 is 1.24 bits per heavy atom. The summed E-state index contributed by atoms with van der Waals surface area (Å²) in [5.41, 5.74) is 7.05. The highest BCUT2D eigenvalue weighted by atomic mass is 15.3. The van der Waals surface area contributed by atoms with Crippen molar-refractivity contribution in [2.75, 3.05) is 6.54 Å². The molecular weight excluding hydrogens is 210 g/mol. The van der Waals surface area contributed by atoms with Crippen LogP contribution in [-0.2, 0) is 0 Å². The van der Waals surface area contributed by atoms with E-state index in [0.717, 1.165) is 12.2 Å². The molecule has 0 aliphatic carbocycles. The van der Waals surface area contributed by atoms with Crippen LogP contribution in [0.1, 0.15) is 32.6 Å². The Morgan fingerprint density at radius 2 is 2.00 bits per heavy atom. The molecule has 1 aliphatic heterocycles. The summed E-state index contributed by atoms with van der Waals surface area (Å²) in [5.74, 6) is 0.658. The molecule has 1 aromatic carbocycles. The molecule has 17 heavy (non-hydrogen) atoms. The molecule has 1 aromatic rings. The van der Waals surface area contributed by atoms with Crippen molar-refractivity contribution >= 4 is 11.6 Å². The fourth-order valence-electron chi connectivity index (χ4n) is 2.31. The van der Waals surface area contributed by atoms with Gasteiger partial charge in [0, 0.05) is 12.6 Å². The Labute approximate surface area is 103 Å². The third kappa shape index (κ3) is 3.22. The van der Waals surface area contributed by atoms with Gasteiger partial charge in [0.25, 0.3) is 0 Å². The molecule has 92 valence electrons. The van der Waals surface area contributed by atoms with Gasteiger partial charge >= 0.3 is 0 Å². The van der Waals surface area contributed by atoms with Crippen LogP contribution >= 0.6 is 0 Å². The van der Waals surface area contributed by atoms with Crippen LogP contribution in [0.3, 0.4) is 0 Å². The van der Waals surface area contributed by atoms with Crippen molar-refractivity contribution in [3.63, 3.8) is 0 Å². The van der Waals surface area contributed by atoms with Crippen LogP contribution in [0.25, 0.3) is 0 Å². The van der Waals surface area contributed by atoms with Crippen LogP contribution in [-0.4, -0.2) is 23.4 Å². The largest absolute Gasteiger partial charge is 0.369 e. The molecule has 0 spiro atoms. The number of nitrogens with zero attached hydrogens (tertiary/aromatic N) is 2. The second-order valence-corrected chi connectivity index (χ2v) is 4.70. The van der Waals surface area contributed by atoms with Crippen molar-refractivity contribution in [2.45, 2.75) is 38.6 Å². The molecule has 1 atom stereocenters. The van der Waals surface area contributed by atoms with E-state index >= 15 is 0 Å². The molecule has 3 nitrogen and oxygen atoms in total. The van der Waals surface area contributed by atoms with Gasteiger partial charge in [-0.05, 0) is 31.9 Å². The van der Waals surface area contributed by atoms with Gasteiger partial charge in [0.15, 0.2) is 5.96 Å². The van der Waals surface area contributed by atoms with Gasteiger partial charge in [-0.3, -0.25) is 0 Å². The third-order valence-electron chi connectivity index (χ3n) is 3.35. The van der Waals surface area contributed by atoms with E-state index in [9.17, 15) is 0 Å². The highest BCUT2D eigenvalue weighted by Gasteiger charge is 2.18. The number of hydrogen-bond acceptors (Lipinski definition) is 1. The van der Waals surface area contributed by atoms with Crippen LogP contribution in [0.4, 0.5) is 5.69 Å². The van der Waals surface area contributed by atoms with Crippen molar-refractivity contribution in [2.24, 2.45) is 10.7 Å². The summed E-state index contributed by atoms with van der Waals surface area (Å²) in [6.45, 7) is 3.27. The van der Waals surface area contributed by atoms with Gasteiger partial charge in [0.2, 0.25) is 0 Å². The number of aliphatic imine (C=N–C) groups is 1. The van der Waals surface area contributed by atoms with Gasteiger partial charge in [0.1, 0.15) is 0 Å². The van der Waals surface area contributed by atoms with Gasteiger partial charge in [-0.2, -0.15) is 0 Å². The van der Waals surface area contributed by atoms with E-state index < -0.39 is 0 Å². The maximum atomic E-state index is 6.12. The topological polar surface area (TPSA) is 41.6 Å². The van der Waals surface area contributed by atoms with Crippen molar-refractivity contribution in [1.82, 2.24) is 4.90 Å². The first-order valence-electron chi connectivity index (χ1n) is 6.43. The maximum absolute atomic E-state index is 6.12. The quantitative estimate of drug-likeness (QED) is 0.596. The molecule has 1 fully saturated rings. The fourth-order valence-corrected chi connectivity index (χ4v) is 2.31. The van der Waals surface area contributed by atoms with E-state index in [-0.39, 0.29) is 0 Å². The maximum Gasteiger partial charge on any atom is 0.196 e.